The van der Waals surface area contributed by atoms with Gasteiger partial charge in [0, 0.05) is 17.6 Å². The van der Waals surface area contributed by atoms with E-state index in [-0.39, 0.29) is 6.04 Å². The average Bonchev–Trinajstić information content (AvgIpc) is 2.77. The highest BCUT2D eigenvalue weighted by Crippen LogP contribution is 2.29. The van der Waals surface area contributed by atoms with E-state index in [0.717, 1.165) is 24.9 Å². The van der Waals surface area contributed by atoms with E-state index >= 15 is 0 Å². The van der Waals surface area contributed by atoms with E-state index in [1.54, 1.807) is 12.1 Å². The Morgan fingerprint density at radius 2 is 2.00 bits per heavy atom. The summed E-state index contributed by atoms with van der Waals surface area (Å²) in [6.45, 7) is 5.16. The quantitative estimate of drug-likeness (QED) is 0.893. The van der Waals surface area contributed by atoms with Crippen LogP contribution >= 0.6 is 11.6 Å². The Bertz CT molecular complexity index is 413. The van der Waals surface area contributed by atoms with E-state index in [2.05, 4.69) is 4.90 Å². The predicted octanol–water partition coefficient (Wildman–Crippen LogP) is 2.61. The largest absolute Gasteiger partial charge is 0.389 e. The van der Waals surface area contributed by atoms with Gasteiger partial charge in [-0.2, -0.15) is 0 Å². The molecule has 2 rings (SSSR count). The van der Waals surface area contributed by atoms with Gasteiger partial charge < -0.3 is 10.2 Å². The SMILES string of the molecule is CC(C)(O)C1CCCN1CC(O)c1ccc(Cl)cc1. The van der Waals surface area contributed by atoms with E-state index in [1.165, 1.54) is 0 Å². The highest BCUT2D eigenvalue weighted by atomic mass is 35.5. The average molecular weight is 284 g/mol. The summed E-state index contributed by atoms with van der Waals surface area (Å²) in [5.41, 5.74) is 0.141. The second kappa shape index (κ2) is 5.80. The Hall–Kier alpha value is -0.610. The topological polar surface area (TPSA) is 43.7 Å². The second-order valence-electron chi connectivity index (χ2n) is 5.87. The van der Waals surface area contributed by atoms with E-state index in [1.807, 2.05) is 26.0 Å². The predicted molar refractivity (Wildman–Crippen MR) is 77.3 cm³/mol. The highest BCUT2D eigenvalue weighted by Gasteiger charge is 2.36. The third-order valence-corrected chi connectivity index (χ3v) is 4.09. The molecular weight excluding hydrogens is 262 g/mol. The molecule has 2 unspecified atom stereocenters. The zero-order chi connectivity index (χ0) is 14.0. The molecule has 1 heterocycles. The van der Waals surface area contributed by atoms with Crippen LogP contribution in [-0.2, 0) is 0 Å². The maximum Gasteiger partial charge on any atom is 0.0917 e. The zero-order valence-electron chi connectivity index (χ0n) is 11.5. The number of halogens is 1. The molecule has 106 valence electrons. The molecule has 1 aliphatic rings. The second-order valence-corrected chi connectivity index (χ2v) is 6.31. The van der Waals surface area contributed by atoms with E-state index < -0.39 is 11.7 Å². The molecule has 0 saturated carbocycles. The summed E-state index contributed by atoms with van der Waals surface area (Å²) < 4.78 is 0. The van der Waals surface area contributed by atoms with E-state index in [0.29, 0.717) is 11.6 Å². The maximum atomic E-state index is 10.3. The van der Waals surface area contributed by atoms with Gasteiger partial charge in [-0.25, -0.2) is 0 Å². The minimum absolute atomic E-state index is 0.120. The van der Waals surface area contributed by atoms with Gasteiger partial charge >= 0.3 is 0 Å². The summed E-state index contributed by atoms with van der Waals surface area (Å²) in [5, 5.41) is 21.1. The van der Waals surface area contributed by atoms with Crippen LogP contribution in [0.1, 0.15) is 38.4 Å². The van der Waals surface area contributed by atoms with Gasteiger partial charge in [0.2, 0.25) is 0 Å². The fourth-order valence-corrected chi connectivity index (χ4v) is 2.98. The van der Waals surface area contributed by atoms with E-state index in [4.69, 9.17) is 11.6 Å². The molecule has 2 N–H and O–H groups in total. The number of rotatable bonds is 4. The number of aliphatic hydroxyl groups excluding tert-OH is 1. The Morgan fingerprint density at radius 1 is 1.37 bits per heavy atom. The molecule has 1 aliphatic heterocycles. The molecular formula is C15H22ClNO2. The molecule has 0 aromatic heterocycles. The first-order valence-electron chi connectivity index (χ1n) is 6.78. The molecule has 0 radical (unpaired) electrons. The summed E-state index contributed by atoms with van der Waals surface area (Å²) in [6, 6.07) is 7.40. The number of hydrogen-bond donors (Lipinski definition) is 2. The fraction of sp³-hybridized carbons (Fsp3) is 0.600. The maximum absolute atomic E-state index is 10.3. The summed E-state index contributed by atoms with van der Waals surface area (Å²) >= 11 is 5.84. The molecule has 4 heteroatoms. The van der Waals surface area contributed by atoms with Crippen molar-refractivity contribution in [1.29, 1.82) is 0 Å². The molecule has 19 heavy (non-hydrogen) atoms. The van der Waals surface area contributed by atoms with Crippen LogP contribution in [0.15, 0.2) is 24.3 Å². The standard InChI is InChI=1S/C15H22ClNO2/c1-15(2,19)14-4-3-9-17(14)10-13(18)11-5-7-12(16)8-6-11/h5-8,13-14,18-19H,3-4,9-10H2,1-2H3. The van der Waals surface area contributed by atoms with Crippen LogP contribution in [0, 0.1) is 0 Å². The van der Waals surface area contributed by atoms with Gasteiger partial charge in [0.1, 0.15) is 0 Å². The summed E-state index contributed by atoms with van der Waals surface area (Å²) in [5.74, 6) is 0. The van der Waals surface area contributed by atoms with Gasteiger partial charge in [0.25, 0.3) is 0 Å². The number of benzene rings is 1. The number of nitrogens with zero attached hydrogens (tertiary/aromatic N) is 1. The first-order chi connectivity index (χ1) is 8.88. The van der Waals surface area contributed by atoms with Crippen LogP contribution < -0.4 is 0 Å². The molecule has 1 saturated heterocycles. The van der Waals surface area contributed by atoms with Crippen molar-refractivity contribution in [2.24, 2.45) is 0 Å². The van der Waals surface area contributed by atoms with Crippen LogP contribution in [0.4, 0.5) is 0 Å². The molecule has 0 amide bonds. The molecule has 1 fully saturated rings. The van der Waals surface area contributed by atoms with Gasteiger partial charge in [-0.3, -0.25) is 4.90 Å². The van der Waals surface area contributed by atoms with Gasteiger partial charge in [-0.05, 0) is 50.9 Å². The molecule has 1 aromatic carbocycles. The van der Waals surface area contributed by atoms with Crippen molar-refractivity contribution < 1.29 is 10.2 Å². The lowest BCUT2D eigenvalue weighted by atomic mass is 9.96. The number of aliphatic hydroxyl groups is 2. The van der Waals surface area contributed by atoms with Crippen molar-refractivity contribution in [2.45, 2.75) is 44.4 Å². The summed E-state index contributed by atoms with van der Waals surface area (Å²) in [4.78, 5) is 2.18. The zero-order valence-corrected chi connectivity index (χ0v) is 12.3. The van der Waals surface area contributed by atoms with Crippen molar-refractivity contribution >= 4 is 11.6 Å². The molecule has 3 nitrogen and oxygen atoms in total. The van der Waals surface area contributed by atoms with Crippen molar-refractivity contribution in [1.82, 2.24) is 4.90 Å². The van der Waals surface area contributed by atoms with Crippen LogP contribution in [0.2, 0.25) is 5.02 Å². The molecule has 0 bridgehead atoms. The smallest absolute Gasteiger partial charge is 0.0917 e. The van der Waals surface area contributed by atoms with Gasteiger partial charge in [0.05, 0.1) is 11.7 Å². The third kappa shape index (κ3) is 3.69. The fourth-order valence-electron chi connectivity index (χ4n) is 2.86. The molecule has 1 aromatic rings. The minimum Gasteiger partial charge on any atom is -0.389 e. The van der Waals surface area contributed by atoms with Crippen molar-refractivity contribution in [3.63, 3.8) is 0 Å². The van der Waals surface area contributed by atoms with Crippen LogP contribution in [0.5, 0.6) is 0 Å². The monoisotopic (exact) mass is 283 g/mol. The van der Waals surface area contributed by atoms with Crippen LogP contribution in [0.3, 0.4) is 0 Å². The first-order valence-corrected chi connectivity index (χ1v) is 7.15. The number of β-amino-alcohol motifs (C(OH)–C–C–N with tert-alkyl or cyclic N) is 1. The molecule has 0 spiro atoms. The lowest BCUT2D eigenvalue weighted by Crippen LogP contribution is -2.46. The summed E-state index contributed by atoms with van der Waals surface area (Å²) in [6.07, 6.45) is 1.51. The Balaban J connectivity index is 2.02. The van der Waals surface area contributed by atoms with Crippen LogP contribution in [0.25, 0.3) is 0 Å². The minimum atomic E-state index is -0.726. The lowest BCUT2D eigenvalue weighted by Gasteiger charge is -2.34. The third-order valence-electron chi connectivity index (χ3n) is 3.84. The lowest BCUT2D eigenvalue weighted by molar-refractivity contribution is -0.0160. The Labute approximate surface area is 119 Å². The van der Waals surface area contributed by atoms with Crippen molar-refractivity contribution in [3.05, 3.63) is 34.9 Å². The van der Waals surface area contributed by atoms with Gasteiger partial charge in [0.15, 0.2) is 0 Å². The van der Waals surface area contributed by atoms with Crippen LogP contribution in [-0.4, -0.2) is 39.8 Å². The normalized spacial score (nSPS) is 22.7. The van der Waals surface area contributed by atoms with Gasteiger partial charge in [-0.15, -0.1) is 0 Å². The van der Waals surface area contributed by atoms with Crippen molar-refractivity contribution in [2.75, 3.05) is 13.1 Å². The number of hydrogen-bond acceptors (Lipinski definition) is 3. The van der Waals surface area contributed by atoms with E-state index in [9.17, 15) is 10.2 Å². The summed E-state index contributed by atoms with van der Waals surface area (Å²) in [7, 11) is 0. The molecule has 0 aliphatic carbocycles. The highest BCUT2D eigenvalue weighted by molar-refractivity contribution is 6.30. The van der Waals surface area contributed by atoms with Crippen molar-refractivity contribution in [3.8, 4) is 0 Å². The van der Waals surface area contributed by atoms with Gasteiger partial charge in [-0.1, -0.05) is 23.7 Å². The first kappa shape index (κ1) is 14.8. The molecule has 2 atom stereocenters. The Kier molecular flexibility index (Phi) is 4.51. The number of likely N-dealkylation sites (tertiary alicyclic amines) is 1. The Morgan fingerprint density at radius 3 is 2.58 bits per heavy atom.